The van der Waals surface area contributed by atoms with Crippen LogP contribution in [0.4, 0.5) is 0 Å². The number of amides is 1. The maximum Gasteiger partial charge on any atom is 0.275 e. The van der Waals surface area contributed by atoms with Crippen LogP contribution in [0.25, 0.3) is 0 Å². The predicted molar refractivity (Wildman–Crippen MR) is 42.6 cm³/mol. The Kier molecular flexibility index (Phi) is 2.48. The summed E-state index contributed by atoms with van der Waals surface area (Å²) in [5, 5.41) is 10.3. The summed E-state index contributed by atoms with van der Waals surface area (Å²) < 4.78 is 5.21. The van der Waals surface area contributed by atoms with Gasteiger partial charge in [-0.15, -0.1) is 0 Å². The minimum absolute atomic E-state index is 0.158. The van der Waals surface area contributed by atoms with Crippen LogP contribution in [-0.4, -0.2) is 48.0 Å². The molecule has 0 spiro atoms. The maximum absolute atomic E-state index is 11.6. The standard InChI is InChI=1S/C8H13NO4/c10-6-4-9(13-5-6)8(11)7-2-1-3-12-7/h6-7,10H,1-5H2/t6-,7-/m0/s1. The number of carbonyl (C=O) groups excluding carboxylic acids is 1. The molecular formula is C8H13NO4. The van der Waals surface area contributed by atoms with Crippen LogP contribution in [0.2, 0.25) is 0 Å². The summed E-state index contributed by atoms with van der Waals surface area (Å²) in [4.78, 5) is 16.6. The Morgan fingerprint density at radius 2 is 2.38 bits per heavy atom. The number of aliphatic hydroxyl groups is 1. The van der Waals surface area contributed by atoms with Crippen molar-refractivity contribution in [1.29, 1.82) is 0 Å². The SMILES string of the molecule is O=C([C@@H]1CCCO1)N1C[C@H](O)CO1. The van der Waals surface area contributed by atoms with Crippen molar-refractivity contribution >= 4 is 5.91 Å². The summed E-state index contributed by atoms with van der Waals surface area (Å²) in [7, 11) is 0. The molecule has 0 saturated carbocycles. The molecule has 0 aromatic rings. The van der Waals surface area contributed by atoms with E-state index in [1.807, 2.05) is 0 Å². The third-order valence-corrected chi connectivity index (χ3v) is 2.25. The second kappa shape index (κ2) is 3.61. The lowest BCUT2D eigenvalue weighted by Crippen LogP contribution is -2.36. The predicted octanol–water partition coefficient (Wildman–Crippen LogP) is -0.700. The van der Waals surface area contributed by atoms with Crippen molar-refractivity contribution in [3.63, 3.8) is 0 Å². The molecule has 74 valence electrons. The highest BCUT2D eigenvalue weighted by Gasteiger charge is 2.33. The van der Waals surface area contributed by atoms with Crippen molar-refractivity contribution < 1.29 is 19.5 Å². The Hall–Kier alpha value is -0.650. The summed E-state index contributed by atoms with van der Waals surface area (Å²) >= 11 is 0. The average Bonchev–Trinajstić information content (AvgIpc) is 2.72. The molecule has 2 fully saturated rings. The summed E-state index contributed by atoms with van der Waals surface area (Å²) in [6, 6.07) is 0. The van der Waals surface area contributed by atoms with E-state index in [-0.39, 0.29) is 25.2 Å². The van der Waals surface area contributed by atoms with E-state index in [9.17, 15) is 4.79 Å². The molecule has 0 aliphatic carbocycles. The van der Waals surface area contributed by atoms with Gasteiger partial charge in [0.1, 0.15) is 18.8 Å². The van der Waals surface area contributed by atoms with Gasteiger partial charge >= 0.3 is 0 Å². The van der Waals surface area contributed by atoms with Crippen LogP contribution < -0.4 is 0 Å². The van der Waals surface area contributed by atoms with E-state index >= 15 is 0 Å². The van der Waals surface area contributed by atoms with Crippen LogP contribution in [0, 0.1) is 0 Å². The number of hydrogen-bond acceptors (Lipinski definition) is 4. The monoisotopic (exact) mass is 187 g/mol. The van der Waals surface area contributed by atoms with Crippen molar-refractivity contribution in [1.82, 2.24) is 5.06 Å². The van der Waals surface area contributed by atoms with Crippen LogP contribution in [-0.2, 0) is 14.4 Å². The smallest absolute Gasteiger partial charge is 0.275 e. The van der Waals surface area contributed by atoms with E-state index in [0.717, 1.165) is 12.8 Å². The number of ether oxygens (including phenoxy) is 1. The van der Waals surface area contributed by atoms with E-state index < -0.39 is 6.10 Å². The van der Waals surface area contributed by atoms with Gasteiger partial charge in [-0.3, -0.25) is 9.63 Å². The molecule has 0 aromatic heterocycles. The molecule has 0 unspecified atom stereocenters. The van der Waals surface area contributed by atoms with Gasteiger partial charge in [0.15, 0.2) is 0 Å². The molecule has 2 rings (SSSR count). The number of rotatable bonds is 1. The maximum atomic E-state index is 11.6. The first-order valence-electron chi connectivity index (χ1n) is 4.51. The summed E-state index contributed by atoms with van der Waals surface area (Å²) in [6.45, 7) is 1.12. The van der Waals surface area contributed by atoms with E-state index in [4.69, 9.17) is 14.7 Å². The number of hydroxylamine groups is 2. The molecule has 0 bridgehead atoms. The van der Waals surface area contributed by atoms with Gasteiger partial charge in [-0.05, 0) is 12.8 Å². The number of carbonyl (C=O) groups is 1. The van der Waals surface area contributed by atoms with Crippen LogP contribution in [0.15, 0.2) is 0 Å². The fraction of sp³-hybridized carbons (Fsp3) is 0.875. The Labute approximate surface area is 76.2 Å². The zero-order valence-electron chi connectivity index (χ0n) is 7.31. The molecule has 1 N–H and O–H groups in total. The Balaban J connectivity index is 1.89. The van der Waals surface area contributed by atoms with Gasteiger partial charge in [-0.25, -0.2) is 5.06 Å². The van der Waals surface area contributed by atoms with Crippen LogP contribution in [0.1, 0.15) is 12.8 Å². The van der Waals surface area contributed by atoms with E-state index in [2.05, 4.69) is 0 Å². The first-order chi connectivity index (χ1) is 6.27. The molecule has 5 nitrogen and oxygen atoms in total. The van der Waals surface area contributed by atoms with E-state index in [1.54, 1.807) is 0 Å². The third-order valence-electron chi connectivity index (χ3n) is 2.25. The quantitative estimate of drug-likeness (QED) is 0.589. The molecule has 0 radical (unpaired) electrons. The van der Waals surface area contributed by atoms with Gasteiger partial charge in [-0.2, -0.15) is 0 Å². The molecule has 2 atom stereocenters. The number of β-amino-alcohol motifs (C(OH)–C–C–N with tert-alkyl or cyclic N) is 1. The van der Waals surface area contributed by atoms with E-state index in [1.165, 1.54) is 5.06 Å². The van der Waals surface area contributed by atoms with Crippen molar-refractivity contribution in [3.8, 4) is 0 Å². The van der Waals surface area contributed by atoms with Gasteiger partial charge in [0, 0.05) is 6.61 Å². The Morgan fingerprint density at radius 3 is 2.92 bits per heavy atom. The second-order valence-corrected chi connectivity index (χ2v) is 3.35. The van der Waals surface area contributed by atoms with Gasteiger partial charge in [0.2, 0.25) is 0 Å². The second-order valence-electron chi connectivity index (χ2n) is 3.35. The fourth-order valence-electron chi connectivity index (χ4n) is 1.56. The summed E-state index contributed by atoms with van der Waals surface area (Å²) in [6.07, 6.45) is 0.775. The zero-order chi connectivity index (χ0) is 9.26. The molecule has 2 aliphatic heterocycles. The lowest BCUT2D eigenvalue weighted by molar-refractivity contribution is -0.178. The Morgan fingerprint density at radius 1 is 1.54 bits per heavy atom. The zero-order valence-corrected chi connectivity index (χ0v) is 7.31. The van der Waals surface area contributed by atoms with Crippen LogP contribution in [0.5, 0.6) is 0 Å². The molecule has 2 aliphatic rings. The minimum atomic E-state index is -0.551. The number of nitrogens with zero attached hydrogens (tertiary/aromatic N) is 1. The molecule has 2 saturated heterocycles. The first-order valence-corrected chi connectivity index (χ1v) is 4.51. The topological polar surface area (TPSA) is 59.0 Å². The highest BCUT2D eigenvalue weighted by atomic mass is 16.7. The fourth-order valence-corrected chi connectivity index (χ4v) is 1.56. The first kappa shape index (κ1) is 8.93. The van der Waals surface area contributed by atoms with Gasteiger partial charge in [0.05, 0.1) is 6.54 Å². The average molecular weight is 187 g/mol. The molecule has 1 amide bonds. The van der Waals surface area contributed by atoms with Gasteiger partial charge in [-0.1, -0.05) is 0 Å². The minimum Gasteiger partial charge on any atom is -0.389 e. The van der Waals surface area contributed by atoms with Crippen molar-refractivity contribution in [2.24, 2.45) is 0 Å². The highest BCUT2D eigenvalue weighted by Crippen LogP contribution is 2.17. The highest BCUT2D eigenvalue weighted by molar-refractivity contribution is 5.80. The lowest BCUT2D eigenvalue weighted by Gasteiger charge is -2.17. The molecular weight excluding hydrogens is 174 g/mol. The third kappa shape index (κ3) is 1.82. The summed E-state index contributed by atoms with van der Waals surface area (Å²) in [5.41, 5.74) is 0. The molecule has 0 aromatic carbocycles. The summed E-state index contributed by atoms with van der Waals surface area (Å²) in [5.74, 6) is -0.158. The largest absolute Gasteiger partial charge is 0.389 e. The van der Waals surface area contributed by atoms with Crippen LogP contribution >= 0.6 is 0 Å². The molecule has 2 heterocycles. The van der Waals surface area contributed by atoms with Crippen molar-refractivity contribution in [2.75, 3.05) is 19.8 Å². The van der Waals surface area contributed by atoms with Crippen molar-refractivity contribution in [3.05, 3.63) is 0 Å². The number of aliphatic hydroxyl groups excluding tert-OH is 1. The number of hydrogen-bond donors (Lipinski definition) is 1. The van der Waals surface area contributed by atoms with Gasteiger partial charge in [0.25, 0.3) is 5.91 Å². The Bertz CT molecular complexity index is 202. The lowest BCUT2D eigenvalue weighted by atomic mass is 10.2. The van der Waals surface area contributed by atoms with Crippen LogP contribution in [0.3, 0.4) is 0 Å². The molecule has 5 heteroatoms. The van der Waals surface area contributed by atoms with E-state index in [0.29, 0.717) is 6.61 Å². The van der Waals surface area contributed by atoms with Gasteiger partial charge < -0.3 is 9.84 Å². The molecule has 13 heavy (non-hydrogen) atoms. The normalized spacial score (nSPS) is 34.1. The van der Waals surface area contributed by atoms with Crippen molar-refractivity contribution in [2.45, 2.75) is 25.0 Å².